The molecule has 14 heavy (non-hydrogen) atoms. The lowest BCUT2D eigenvalue weighted by Crippen LogP contribution is -2.24. The maximum Gasteiger partial charge on any atom is 0.261 e. The van der Waals surface area contributed by atoms with Crippen molar-refractivity contribution in [1.29, 1.82) is 0 Å². The van der Waals surface area contributed by atoms with Gasteiger partial charge in [-0.05, 0) is 6.92 Å². The number of allylic oxidation sites excluding steroid dienone is 1. The lowest BCUT2D eigenvalue weighted by Gasteiger charge is -2.17. The summed E-state index contributed by atoms with van der Waals surface area (Å²) in [7, 11) is 3.50. The zero-order valence-corrected chi connectivity index (χ0v) is 9.60. The first kappa shape index (κ1) is 11.4. The van der Waals surface area contributed by atoms with Crippen LogP contribution < -0.4 is 0 Å². The van der Waals surface area contributed by atoms with Gasteiger partial charge >= 0.3 is 0 Å². The highest BCUT2D eigenvalue weighted by Crippen LogP contribution is 2.32. The molecule has 5 heteroatoms. The molecule has 0 aromatic heterocycles. The summed E-state index contributed by atoms with van der Waals surface area (Å²) in [6.07, 6.45) is 0. The van der Waals surface area contributed by atoms with Crippen LogP contribution in [0.2, 0.25) is 0 Å². The smallest absolute Gasteiger partial charge is 0.261 e. The fourth-order valence-electron chi connectivity index (χ4n) is 1.26. The lowest BCUT2D eigenvalue weighted by atomic mass is 10.3. The molecule has 0 aliphatic carbocycles. The Balaban J connectivity index is 2.75. The second kappa shape index (κ2) is 4.70. The van der Waals surface area contributed by atoms with Gasteiger partial charge in [0.1, 0.15) is 0 Å². The van der Waals surface area contributed by atoms with E-state index in [1.165, 1.54) is 11.8 Å². The number of aliphatic hydroxyl groups is 1. The minimum absolute atomic E-state index is 0.0490. The van der Waals surface area contributed by atoms with Crippen LogP contribution in [0.5, 0.6) is 0 Å². The van der Waals surface area contributed by atoms with E-state index in [0.717, 1.165) is 16.5 Å². The number of likely N-dealkylation sites (N-methyl/N-ethyl adjacent to an activating group) is 1. The van der Waals surface area contributed by atoms with Crippen LogP contribution in [-0.2, 0) is 4.79 Å². The number of β-amino-alcohol motifs (C(OH)–C–C–N with tert-alkyl or cyclic N) is 1. The molecular weight excluding hydrogens is 200 g/mol. The topological polar surface area (TPSA) is 43.8 Å². The predicted octanol–water partition coefficient (Wildman–Crippen LogP) is 0.305. The normalized spacial score (nSPS) is 16.4. The molecule has 1 aliphatic rings. The molecule has 4 nitrogen and oxygen atoms in total. The van der Waals surface area contributed by atoms with E-state index in [1.807, 2.05) is 11.8 Å². The Hall–Kier alpha value is -0.680. The number of amides is 1. The first-order valence-electron chi connectivity index (χ1n) is 4.49. The molecule has 1 amide bonds. The van der Waals surface area contributed by atoms with Crippen LogP contribution >= 0.6 is 11.8 Å². The summed E-state index contributed by atoms with van der Waals surface area (Å²) in [5, 5.41) is 8.81. The van der Waals surface area contributed by atoms with Crippen molar-refractivity contribution < 1.29 is 9.90 Å². The second-order valence-electron chi connectivity index (χ2n) is 3.37. The maximum atomic E-state index is 11.7. The van der Waals surface area contributed by atoms with Crippen LogP contribution in [0.1, 0.15) is 6.92 Å². The molecule has 0 bridgehead atoms. The Kier molecular flexibility index (Phi) is 3.83. The molecule has 1 rings (SSSR count). The van der Waals surface area contributed by atoms with Gasteiger partial charge in [0.2, 0.25) is 0 Å². The highest BCUT2D eigenvalue weighted by Gasteiger charge is 2.25. The van der Waals surface area contributed by atoms with Crippen molar-refractivity contribution in [2.45, 2.75) is 6.92 Å². The SMILES string of the molecule is CC1=C(C(=O)N(C)C)SCN1CCO. The fraction of sp³-hybridized carbons (Fsp3) is 0.667. The summed E-state index contributed by atoms with van der Waals surface area (Å²) < 4.78 is 0. The van der Waals surface area contributed by atoms with Crippen molar-refractivity contribution in [2.24, 2.45) is 0 Å². The Morgan fingerprint density at radius 1 is 1.64 bits per heavy atom. The molecule has 0 atom stereocenters. The molecular formula is C9H16N2O2S. The van der Waals surface area contributed by atoms with Gasteiger partial charge in [-0.25, -0.2) is 0 Å². The average Bonchev–Trinajstić information content (AvgIpc) is 2.48. The largest absolute Gasteiger partial charge is 0.395 e. The van der Waals surface area contributed by atoms with Gasteiger partial charge in [-0.15, -0.1) is 0 Å². The average molecular weight is 216 g/mol. The van der Waals surface area contributed by atoms with Crippen molar-refractivity contribution >= 4 is 17.7 Å². The van der Waals surface area contributed by atoms with E-state index < -0.39 is 0 Å². The van der Waals surface area contributed by atoms with Crippen molar-refractivity contribution in [3.63, 3.8) is 0 Å². The summed E-state index contributed by atoms with van der Waals surface area (Å²) in [5.74, 6) is 0.814. The zero-order valence-electron chi connectivity index (χ0n) is 8.78. The minimum Gasteiger partial charge on any atom is -0.395 e. The first-order chi connectivity index (χ1) is 6.57. The van der Waals surface area contributed by atoms with Gasteiger partial charge in [0.25, 0.3) is 5.91 Å². The quantitative estimate of drug-likeness (QED) is 0.737. The standard InChI is InChI=1S/C9H16N2O2S/c1-7-8(9(13)10(2)3)14-6-11(7)4-5-12/h12H,4-6H2,1-3H3. The van der Waals surface area contributed by atoms with Crippen molar-refractivity contribution in [2.75, 3.05) is 33.1 Å². The molecule has 1 heterocycles. The fourth-order valence-corrected chi connectivity index (χ4v) is 2.51. The molecule has 0 saturated heterocycles. The van der Waals surface area contributed by atoms with E-state index in [1.54, 1.807) is 19.0 Å². The molecule has 0 unspecified atom stereocenters. The number of hydrogen-bond acceptors (Lipinski definition) is 4. The highest BCUT2D eigenvalue weighted by molar-refractivity contribution is 8.04. The number of thioether (sulfide) groups is 1. The summed E-state index contributed by atoms with van der Waals surface area (Å²) in [6.45, 7) is 2.65. The van der Waals surface area contributed by atoms with Crippen molar-refractivity contribution in [3.05, 3.63) is 10.6 Å². The third kappa shape index (κ3) is 2.22. The predicted molar refractivity (Wildman–Crippen MR) is 57.6 cm³/mol. The molecule has 80 valence electrons. The van der Waals surface area contributed by atoms with Crippen LogP contribution in [-0.4, -0.2) is 53.9 Å². The Morgan fingerprint density at radius 3 is 2.79 bits per heavy atom. The van der Waals surface area contributed by atoms with E-state index in [9.17, 15) is 4.79 Å². The summed E-state index contributed by atoms with van der Waals surface area (Å²) in [6, 6.07) is 0. The highest BCUT2D eigenvalue weighted by atomic mass is 32.2. The molecule has 0 aromatic carbocycles. The van der Waals surface area contributed by atoms with Gasteiger partial charge in [-0.2, -0.15) is 0 Å². The first-order valence-corrected chi connectivity index (χ1v) is 5.47. The Bertz CT molecular complexity index is 264. The lowest BCUT2D eigenvalue weighted by molar-refractivity contribution is -0.124. The molecule has 0 radical (unpaired) electrons. The van der Waals surface area contributed by atoms with Crippen molar-refractivity contribution in [3.8, 4) is 0 Å². The van der Waals surface area contributed by atoms with E-state index in [-0.39, 0.29) is 12.5 Å². The van der Waals surface area contributed by atoms with Gasteiger partial charge in [0.05, 0.1) is 17.4 Å². The monoisotopic (exact) mass is 216 g/mol. The van der Waals surface area contributed by atoms with Crippen LogP contribution in [0.15, 0.2) is 10.6 Å². The minimum atomic E-state index is 0.0490. The third-order valence-electron chi connectivity index (χ3n) is 2.14. The van der Waals surface area contributed by atoms with Crippen LogP contribution in [0, 0.1) is 0 Å². The van der Waals surface area contributed by atoms with E-state index in [2.05, 4.69) is 0 Å². The van der Waals surface area contributed by atoms with E-state index in [0.29, 0.717) is 6.54 Å². The second-order valence-corrected chi connectivity index (χ2v) is 4.33. The third-order valence-corrected chi connectivity index (χ3v) is 3.34. The molecule has 0 fully saturated rings. The zero-order chi connectivity index (χ0) is 10.7. The molecule has 1 N–H and O–H groups in total. The molecule has 1 aliphatic heterocycles. The van der Waals surface area contributed by atoms with E-state index >= 15 is 0 Å². The van der Waals surface area contributed by atoms with Gasteiger partial charge in [0.15, 0.2) is 0 Å². The van der Waals surface area contributed by atoms with Crippen LogP contribution in [0.3, 0.4) is 0 Å². The number of aliphatic hydroxyl groups excluding tert-OH is 1. The molecule has 0 saturated carbocycles. The number of carbonyl (C=O) groups excluding carboxylic acids is 1. The summed E-state index contributed by atoms with van der Waals surface area (Å²) in [5.41, 5.74) is 0.975. The van der Waals surface area contributed by atoms with Crippen molar-refractivity contribution in [1.82, 2.24) is 9.80 Å². The number of hydrogen-bond donors (Lipinski definition) is 1. The number of rotatable bonds is 3. The number of carbonyl (C=O) groups is 1. The molecule has 0 spiro atoms. The summed E-state index contributed by atoms with van der Waals surface area (Å²) in [4.78, 5) is 16.1. The van der Waals surface area contributed by atoms with Crippen LogP contribution in [0.4, 0.5) is 0 Å². The number of nitrogens with zero attached hydrogens (tertiary/aromatic N) is 2. The van der Waals surface area contributed by atoms with Crippen LogP contribution in [0.25, 0.3) is 0 Å². The Morgan fingerprint density at radius 2 is 2.29 bits per heavy atom. The van der Waals surface area contributed by atoms with Gasteiger partial charge in [0, 0.05) is 26.3 Å². The maximum absolute atomic E-state index is 11.7. The molecule has 0 aromatic rings. The van der Waals surface area contributed by atoms with Gasteiger partial charge < -0.3 is 14.9 Å². The Labute approximate surface area is 88.6 Å². The van der Waals surface area contributed by atoms with E-state index in [4.69, 9.17) is 5.11 Å². The van der Waals surface area contributed by atoms with Gasteiger partial charge in [-0.3, -0.25) is 4.79 Å². The van der Waals surface area contributed by atoms with Gasteiger partial charge in [-0.1, -0.05) is 11.8 Å². The summed E-state index contributed by atoms with van der Waals surface area (Å²) >= 11 is 1.54.